The van der Waals surface area contributed by atoms with Gasteiger partial charge in [-0.3, -0.25) is 0 Å². The van der Waals surface area contributed by atoms with Crippen LogP contribution in [-0.4, -0.2) is 0 Å². The van der Waals surface area contributed by atoms with Gasteiger partial charge in [0.05, 0.1) is 15.6 Å². The van der Waals surface area contributed by atoms with Gasteiger partial charge in [0.15, 0.2) is 0 Å². The van der Waals surface area contributed by atoms with Crippen LogP contribution >= 0.6 is 34.8 Å². The molecule has 0 aromatic heterocycles. The van der Waals surface area contributed by atoms with E-state index in [2.05, 4.69) is 5.92 Å². The van der Waals surface area contributed by atoms with E-state index in [4.69, 9.17) is 41.2 Å². The molecule has 3 heteroatoms. The predicted molar refractivity (Wildman–Crippen MR) is 49.4 cm³/mol. The number of benzene rings is 1. The summed E-state index contributed by atoms with van der Waals surface area (Å²) in [6.45, 7) is 0. The second-order valence-corrected chi connectivity index (χ2v) is 3.14. The highest BCUT2D eigenvalue weighted by atomic mass is 35.5. The van der Waals surface area contributed by atoms with Crippen LogP contribution in [0.15, 0.2) is 12.1 Å². The number of halogens is 3. The highest BCUT2D eigenvalue weighted by molar-refractivity contribution is 6.39. The van der Waals surface area contributed by atoms with E-state index in [1.54, 1.807) is 12.1 Å². The van der Waals surface area contributed by atoms with Gasteiger partial charge >= 0.3 is 0 Å². The Morgan fingerprint density at radius 1 is 1.09 bits per heavy atom. The fraction of sp³-hybridized carbons (Fsp3) is 0. The lowest BCUT2D eigenvalue weighted by molar-refractivity contribution is 1.64. The Hall–Kier alpha value is -0.350. The fourth-order valence-corrected chi connectivity index (χ4v) is 1.61. The molecule has 1 rings (SSSR count). The SMILES string of the molecule is C#Cc1c(Cl)cc(Cl)cc1Cl. The third kappa shape index (κ3) is 1.81. The zero-order valence-corrected chi connectivity index (χ0v) is 7.63. The highest BCUT2D eigenvalue weighted by Gasteiger charge is 2.03. The molecule has 0 bridgehead atoms. The quantitative estimate of drug-likeness (QED) is 0.568. The summed E-state index contributed by atoms with van der Waals surface area (Å²) in [5.41, 5.74) is 0.484. The average Bonchev–Trinajstić information content (AvgIpc) is 1.85. The van der Waals surface area contributed by atoms with Crippen LogP contribution in [0.2, 0.25) is 15.1 Å². The normalized spacial score (nSPS) is 9.27. The minimum atomic E-state index is 0.407. The first-order valence-electron chi connectivity index (χ1n) is 2.76. The molecule has 0 aliphatic carbocycles. The van der Waals surface area contributed by atoms with E-state index in [9.17, 15) is 0 Å². The Balaban J connectivity index is 3.40. The van der Waals surface area contributed by atoms with Crippen LogP contribution in [0.1, 0.15) is 5.56 Å². The second kappa shape index (κ2) is 3.36. The number of hydrogen-bond acceptors (Lipinski definition) is 0. The lowest BCUT2D eigenvalue weighted by atomic mass is 10.2. The van der Waals surface area contributed by atoms with E-state index in [1.807, 2.05) is 0 Å². The largest absolute Gasteiger partial charge is 0.115 e. The summed E-state index contributed by atoms with van der Waals surface area (Å²) < 4.78 is 0. The van der Waals surface area contributed by atoms with Gasteiger partial charge in [-0.05, 0) is 12.1 Å². The first kappa shape index (κ1) is 8.74. The van der Waals surface area contributed by atoms with E-state index in [0.29, 0.717) is 20.6 Å². The van der Waals surface area contributed by atoms with Gasteiger partial charge in [-0.1, -0.05) is 40.7 Å². The Morgan fingerprint density at radius 3 is 1.91 bits per heavy atom. The third-order valence-electron chi connectivity index (χ3n) is 1.15. The molecule has 0 saturated heterocycles. The minimum absolute atomic E-state index is 0.407. The summed E-state index contributed by atoms with van der Waals surface area (Å²) in [5.74, 6) is 2.37. The van der Waals surface area contributed by atoms with Gasteiger partial charge in [0, 0.05) is 5.02 Å². The van der Waals surface area contributed by atoms with Crippen molar-refractivity contribution in [2.24, 2.45) is 0 Å². The third-order valence-corrected chi connectivity index (χ3v) is 1.97. The summed E-state index contributed by atoms with van der Waals surface area (Å²) in [7, 11) is 0. The van der Waals surface area contributed by atoms with Gasteiger partial charge in [0.2, 0.25) is 0 Å². The molecule has 0 aliphatic rings. The van der Waals surface area contributed by atoms with Crippen molar-refractivity contribution in [2.75, 3.05) is 0 Å². The summed E-state index contributed by atoms with van der Waals surface area (Å²) in [5, 5.41) is 1.30. The standard InChI is InChI=1S/C8H3Cl3/c1-2-6-7(10)3-5(9)4-8(6)11/h1,3-4H. The second-order valence-electron chi connectivity index (χ2n) is 1.89. The lowest BCUT2D eigenvalue weighted by Gasteiger charge is -1.99. The van der Waals surface area contributed by atoms with Crippen LogP contribution in [-0.2, 0) is 0 Å². The van der Waals surface area contributed by atoms with Gasteiger partial charge in [-0.25, -0.2) is 0 Å². The number of terminal acetylenes is 1. The van der Waals surface area contributed by atoms with Crippen molar-refractivity contribution in [2.45, 2.75) is 0 Å². The molecule has 1 aromatic rings. The molecule has 0 spiro atoms. The Kier molecular flexibility index (Phi) is 2.67. The minimum Gasteiger partial charge on any atom is -0.115 e. The zero-order valence-electron chi connectivity index (χ0n) is 5.37. The molecular weight excluding hydrogens is 202 g/mol. The molecule has 11 heavy (non-hydrogen) atoms. The maximum absolute atomic E-state index is 5.72. The van der Waals surface area contributed by atoms with Crippen LogP contribution in [0.25, 0.3) is 0 Å². The van der Waals surface area contributed by atoms with Crippen molar-refractivity contribution < 1.29 is 0 Å². The van der Waals surface area contributed by atoms with Crippen molar-refractivity contribution >= 4 is 34.8 Å². The first-order valence-corrected chi connectivity index (χ1v) is 3.89. The van der Waals surface area contributed by atoms with Crippen molar-refractivity contribution in [3.8, 4) is 12.3 Å². The first-order chi connectivity index (χ1) is 5.15. The van der Waals surface area contributed by atoms with E-state index in [-0.39, 0.29) is 0 Å². The molecular formula is C8H3Cl3. The molecule has 0 heterocycles. The summed E-state index contributed by atoms with van der Waals surface area (Å²) in [4.78, 5) is 0. The Bertz CT molecular complexity index is 300. The van der Waals surface area contributed by atoms with Gasteiger partial charge in [-0.2, -0.15) is 0 Å². The topological polar surface area (TPSA) is 0 Å². The molecule has 1 aromatic carbocycles. The Labute approximate surface area is 80.1 Å². The maximum atomic E-state index is 5.72. The smallest absolute Gasteiger partial charge is 0.0616 e. The molecule has 0 N–H and O–H groups in total. The average molecular weight is 205 g/mol. The van der Waals surface area contributed by atoms with E-state index in [1.165, 1.54) is 0 Å². The maximum Gasteiger partial charge on any atom is 0.0616 e. The number of rotatable bonds is 0. The molecule has 0 atom stereocenters. The van der Waals surface area contributed by atoms with Gasteiger partial charge in [0.25, 0.3) is 0 Å². The molecule has 0 unspecified atom stereocenters. The molecule has 0 aliphatic heterocycles. The highest BCUT2D eigenvalue weighted by Crippen LogP contribution is 2.27. The van der Waals surface area contributed by atoms with Crippen molar-refractivity contribution in [1.82, 2.24) is 0 Å². The van der Waals surface area contributed by atoms with E-state index in [0.717, 1.165) is 0 Å². The number of hydrogen-bond donors (Lipinski definition) is 0. The lowest BCUT2D eigenvalue weighted by Crippen LogP contribution is -1.78. The van der Waals surface area contributed by atoms with Gasteiger partial charge in [0.1, 0.15) is 0 Å². The summed E-state index contributed by atoms with van der Waals surface area (Å²) in [6.07, 6.45) is 5.14. The molecule has 0 radical (unpaired) electrons. The zero-order chi connectivity index (χ0) is 8.43. The van der Waals surface area contributed by atoms with Crippen LogP contribution in [0.4, 0.5) is 0 Å². The van der Waals surface area contributed by atoms with Gasteiger partial charge < -0.3 is 0 Å². The van der Waals surface area contributed by atoms with Crippen molar-refractivity contribution in [1.29, 1.82) is 0 Å². The van der Waals surface area contributed by atoms with Gasteiger partial charge in [-0.15, -0.1) is 6.42 Å². The van der Waals surface area contributed by atoms with Crippen molar-refractivity contribution in [3.05, 3.63) is 32.8 Å². The monoisotopic (exact) mass is 204 g/mol. The van der Waals surface area contributed by atoms with Crippen LogP contribution in [0.5, 0.6) is 0 Å². The molecule has 0 saturated carbocycles. The van der Waals surface area contributed by atoms with Crippen LogP contribution < -0.4 is 0 Å². The molecule has 0 amide bonds. The fourth-order valence-electron chi connectivity index (χ4n) is 0.680. The summed E-state index contributed by atoms with van der Waals surface area (Å²) >= 11 is 17.1. The van der Waals surface area contributed by atoms with Crippen LogP contribution in [0.3, 0.4) is 0 Å². The van der Waals surface area contributed by atoms with E-state index >= 15 is 0 Å². The molecule has 56 valence electrons. The molecule has 0 nitrogen and oxygen atoms in total. The van der Waals surface area contributed by atoms with Crippen LogP contribution in [0, 0.1) is 12.3 Å². The summed E-state index contributed by atoms with van der Waals surface area (Å²) in [6, 6.07) is 3.12. The van der Waals surface area contributed by atoms with Crippen molar-refractivity contribution in [3.63, 3.8) is 0 Å². The van der Waals surface area contributed by atoms with E-state index < -0.39 is 0 Å². The predicted octanol–water partition coefficient (Wildman–Crippen LogP) is 3.63. The molecule has 0 fully saturated rings. The Morgan fingerprint density at radius 2 is 1.55 bits per heavy atom.